The molecule has 146 valence electrons. The first-order chi connectivity index (χ1) is 12.9. The zero-order valence-electron chi connectivity index (χ0n) is 15.5. The number of aryl methyl sites for hydroxylation is 1. The summed E-state index contributed by atoms with van der Waals surface area (Å²) >= 11 is 0. The predicted octanol–water partition coefficient (Wildman–Crippen LogP) is 3.91. The van der Waals surface area contributed by atoms with Crippen LogP contribution in [0.4, 0.5) is 10.1 Å². The molecule has 2 aromatic rings. The third-order valence-corrected chi connectivity index (χ3v) is 5.96. The van der Waals surface area contributed by atoms with E-state index in [2.05, 4.69) is 0 Å². The average molecular weight is 393 g/mol. The van der Waals surface area contributed by atoms with Gasteiger partial charge in [-0.05, 0) is 51.0 Å². The van der Waals surface area contributed by atoms with Gasteiger partial charge in [0.2, 0.25) is 0 Å². The highest BCUT2D eigenvalue weighted by atomic mass is 32.2. The molecule has 1 aliphatic heterocycles. The van der Waals surface area contributed by atoms with Crippen LogP contribution in [0.1, 0.15) is 25.3 Å². The van der Waals surface area contributed by atoms with Crippen molar-refractivity contribution in [3.8, 4) is 5.75 Å². The van der Waals surface area contributed by atoms with Crippen molar-refractivity contribution in [3.63, 3.8) is 0 Å². The second-order valence-corrected chi connectivity index (χ2v) is 8.17. The van der Waals surface area contributed by atoms with Gasteiger partial charge in [-0.15, -0.1) is 0 Å². The van der Waals surface area contributed by atoms with Crippen molar-refractivity contribution < 1.29 is 21.7 Å². The van der Waals surface area contributed by atoms with E-state index >= 15 is 0 Å². The second kappa shape index (κ2) is 8.27. The lowest BCUT2D eigenvalue weighted by Crippen LogP contribution is -2.38. The molecule has 27 heavy (non-hydrogen) atoms. The van der Waals surface area contributed by atoms with Crippen molar-refractivity contribution in [1.29, 1.82) is 0 Å². The van der Waals surface area contributed by atoms with Gasteiger partial charge in [-0.1, -0.05) is 17.7 Å². The van der Waals surface area contributed by atoms with Crippen molar-refractivity contribution in [2.45, 2.75) is 37.7 Å². The summed E-state index contributed by atoms with van der Waals surface area (Å²) in [5.41, 5.74) is 1.46. The molecule has 0 radical (unpaired) electrons. The number of hydrogen-bond donors (Lipinski definition) is 0. The first-order valence-corrected chi connectivity index (χ1v) is 10.5. The van der Waals surface area contributed by atoms with Crippen molar-refractivity contribution in [1.82, 2.24) is 0 Å². The Hall–Kier alpha value is -2.12. The maximum atomic E-state index is 14.2. The molecule has 2 aromatic carbocycles. The Labute approximate surface area is 159 Å². The van der Waals surface area contributed by atoms with Gasteiger partial charge in [-0.25, -0.2) is 4.39 Å². The zero-order chi connectivity index (χ0) is 19.4. The van der Waals surface area contributed by atoms with E-state index in [9.17, 15) is 12.8 Å². The predicted molar refractivity (Wildman–Crippen MR) is 102 cm³/mol. The molecule has 0 aliphatic carbocycles. The fraction of sp³-hybridized carbons (Fsp3) is 0.400. The molecule has 0 saturated carbocycles. The molecule has 7 heteroatoms. The van der Waals surface area contributed by atoms with E-state index in [0.717, 1.165) is 5.56 Å². The highest BCUT2D eigenvalue weighted by Gasteiger charge is 2.27. The molecule has 5 nitrogen and oxygen atoms in total. The standard InChI is InChI=1S/C20H24FNO4S/c1-3-25-17-6-9-19(21)20(14-17)22-12-10-16(11-13-22)26-27(23,24)18-7-4-15(2)5-8-18/h4-9,14,16H,3,10-13H2,1-2H3. The maximum absolute atomic E-state index is 14.2. The Morgan fingerprint density at radius 3 is 2.41 bits per heavy atom. The van der Waals surface area contributed by atoms with Crippen LogP contribution in [0.5, 0.6) is 5.75 Å². The third-order valence-electron chi connectivity index (χ3n) is 4.58. The molecule has 0 atom stereocenters. The number of anilines is 1. The van der Waals surface area contributed by atoms with E-state index in [1.54, 1.807) is 36.4 Å². The molecule has 1 saturated heterocycles. The SMILES string of the molecule is CCOc1ccc(F)c(N2CCC(OS(=O)(=O)c3ccc(C)cc3)CC2)c1. The Bertz CT molecular complexity index is 875. The van der Waals surface area contributed by atoms with Crippen molar-refractivity contribution in [2.75, 3.05) is 24.6 Å². The van der Waals surface area contributed by atoms with Crippen molar-refractivity contribution in [2.24, 2.45) is 0 Å². The summed E-state index contributed by atoms with van der Waals surface area (Å²) in [7, 11) is -3.79. The molecule has 1 heterocycles. The van der Waals surface area contributed by atoms with Crippen LogP contribution >= 0.6 is 0 Å². The van der Waals surface area contributed by atoms with E-state index in [1.165, 1.54) is 6.07 Å². The fourth-order valence-electron chi connectivity index (χ4n) is 3.12. The molecule has 0 bridgehead atoms. The van der Waals surface area contributed by atoms with Gasteiger partial charge in [0.25, 0.3) is 10.1 Å². The summed E-state index contributed by atoms with van der Waals surface area (Å²) in [5, 5.41) is 0. The van der Waals surface area contributed by atoms with Crippen LogP contribution in [0.15, 0.2) is 47.4 Å². The normalized spacial score (nSPS) is 15.7. The molecular weight excluding hydrogens is 369 g/mol. The van der Waals surface area contributed by atoms with Crippen LogP contribution in [0.2, 0.25) is 0 Å². The van der Waals surface area contributed by atoms with Crippen LogP contribution in [0.25, 0.3) is 0 Å². The minimum Gasteiger partial charge on any atom is -0.494 e. The number of nitrogens with zero attached hydrogens (tertiary/aromatic N) is 1. The lowest BCUT2D eigenvalue weighted by atomic mass is 10.1. The number of rotatable bonds is 6. The Morgan fingerprint density at radius 1 is 1.11 bits per heavy atom. The van der Waals surface area contributed by atoms with Gasteiger partial charge in [0.05, 0.1) is 23.3 Å². The van der Waals surface area contributed by atoms with E-state index in [0.29, 0.717) is 44.0 Å². The molecule has 0 unspecified atom stereocenters. The second-order valence-electron chi connectivity index (χ2n) is 6.60. The lowest BCUT2D eigenvalue weighted by Gasteiger charge is -2.33. The topological polar surface area (TPSA) is 55.8 Å². The van der Waals surface area contributed by atoms with E-state index in [1.807, 2.05) is 18.7 Å². The monoisotopic (exact) mass is 393 g/mol. The van der Waals surface area contributed by atoms with Crippen LogP contribution in [-0.2, 0) is 14.3 Å². The average Bonchev–Trinajstić information content (AvgIpc) is 2.64. The largest absolute Gasteiger partial charge is 0.494 e. The molecule has 0 N–H and O–H groups in total. The van der Waals surface area contributed by atoms with Crippen LogP contribution in [-0.4, -0.2) is 34.2 Å². The summed E-state index contributed by atoms with van der Waals surface area (Å²) in [6.45, 7) is 5.31. The Morgan fingerprint density at radius 2 is 1.78 bits per heavy atom. The number of hydrogen-bond acceptors (Lipinski definition) is 5. The first-order valence-electron chi connectivity index (χ1n) is 9.06. The van der Waals surface area contributed by atoms with Gasteiger partial charge in [0.15, 0.2) is 0 Å². The fourth-order valence-corrected chi connectivity index (χ4v) is 4.26. The molecule has 0 spiro atoms. The zero-order valence-corrected chi connectivity index (χ0v) is 16.3. The highest BCUT2D eigenvalue weighted by Crippen LogP contribution is 2.29. The number of piperidine rings is 1. The van der Waals surface area contributed by atoms with Crippen LogP contribution in [0, 0.1) is 12.7 Å². The summed E-state index contributed by atoms with van der Waals surface area (Å²) < 4.78 is 49.9. The third kappa shape index (κ3) is 4.78. The Kier molecular flexibility index (Phi) is 6.01. The number of halogens is 1. The summed E-state index contributed by atoms with van der Waals surface area (Å²) in [6, 6.07) is 11.3. The maximum Gasteiger partial charge on any atom is 0.297 e. The van der Waals surface area contributed by atoms with Gasteiger partial charge in [-0.3, -0.25) is 4.18 Å². The number of ether oxygens (including phenoxy) is 1. The van der Waals surface area contributed by atoms with E-state index in [4.69, 9.17) is 8.92 Å². The molecule has 3 rings (SSSR count). The minimum absolute atomic E-state index is 0.158. The van der Waals surface area contributed by atoms with Gasteiger partial charge in [0.1, 0.15) is 11.6 Å². The highest BCUT2D eigenvalue weighted by molar-refractivity contribution is 7.86. The van der Waals surface area contributed by atoms with Crippen molar-refractivity contribution >= 4 is 15.8 Å². The Balaban J connectivity index is 1.64. The lowest BCUT2D eigenvalue weighted by molar-refractivity contribution is 0.178. The summed E-state index contributed by atoms with van der Waals surface area (Å²) in [6.07, 6.45) is 0.595. The smallest absolute Gasteiger partial charge is 0.297 e. The summed E-state index contributed by atoms with van der Waals surface area (Å²) in [4.78, 5) is 2.06. The van der Waals surface area contributed by atoms with Gasteiger partial charge in [-0.2, -0.15) is 8.42 Å². The molecular formula is C20H24FNO4S. The molecule has 1 fully saturated rings. The van der Waals surface area contributed by atoms with E-state index in [-0.39, 0.29) is 10.7 Å². The van der Waals surface area contributed by atoms with Crippen LogP contribution in [0.3, 0.4) is 0 Å². The molecule has 1 aliphatic rings. The summed E-state index contributed by atoms with van der Waals surface area (Å²) in [5.74, 6) is 0.305. The van der Waals surface area contributed by atoms with Crippen molar-refractivity contribution in [3.05, 3.63) is 53.8 Å². The minimum atomic E-state index is -3.79. The molecule has 0 aromatic heterocycles. The quantitative estimate of drug-likeness (QED) is 0.697. The first kappa shape index (κ1) is 19.6. The molecule has 0 amide bonds. The number of benzene rings is 2. The van der Waals surface area contributed by atoms with Crippen LogP contribution < -0.4 is 9.64 Å². The van der Waals surface area contributed by atoms with Gasteiger partial charge < -0.3 is 9.64 Å². The van der Waals surface area contributed by atoms with Gasteiger partial charge >= 0.3 is 0 Å². The van der Waals surface area contributed by atoms with Gasteiger partial charge in [0, 0.05) is 19.2 Å². The van der Waals surface area contributed by atoms with E-state index < -0.39 is 16.2 Å².